The van der Waals surface area contributed by atoms with Crippen LogP contribution in [0.15, 0.2) is 0 Å². The van der Waals surface area contributed by atoms with E-state index in [1.807, 2.05) is 0 Å². The molecule has 0 saturated heterocycles. The van der Waals surface area contributed by atoms with Crippen molar-refractivity contribution in [3.8, 4) is 0 Å². The third kappa shape index (κ3) is 2.70. The summed E-state index contributed by atoms with van der Waals surface area (Å²) in [4.78, 5) is 12.7. The summed E-state index contributed by atoms with van der Waals surface area (Å²) >= 11 is 0. The molecule has 176 valence electrons. The molecule has 0 heterocycles. The molecule has 0 aliphatic heterocycles. The molecule has 0 radical (unpaired) electrons. The molecule has 1 heteroatoms. The normalized spacial score (nSPS) is 58.5. The van der Waals surface area contributed by atoms with Gasteiger partial charge in [-0.3, -0.25) is 4.79 Å². The second-order valence-electron chi connectivity index (χ2n) is 15.3. The molecule has 1 unspecified atom stereocenters. The van der Waals surface area contributed by atoms with Crippen molar-refractivity contribution >= 4 is 5.78 Å². The number of fused-ring (bicyclic) bond motifs is 7. The Balaban J connectivity index is 1.55. The molecule has 0 aromatic rings. The summed E-state index contributed by atoms with van der Waals surface area (Å²) in [5, 5.41) is 0. The minimum absolute atomic E-state index is 0.237. The van der Waals surface area contributed by atoms with Gasteiger partial charge in [0.25, 0.3) is 0 Å². The van der Waals surface area contributed by atoms with Crippen LogP contribution < -0.4 is 0 Å². The minimum atomic E-state index is 0.237. The standard InChI is InChI=1S/C30H50O/c1-20-21(31)9-10-22-27(20,5)12-11-23-28(22,6)16-18-30(8)24-19-25(2,3)13-14-26(24,4)15-17-29(23,30)7/h20,22-24H,9-19H2,1-8H3/t20-,22+,23-,24+,26+,27+,28-,29+,30?/m0/s1. The molecule has 5 saturated carbocycles. The topological polar surface area (TPSA) is 17.1 Å². The number of Topliss-reactive ketones (excluding diaryl/α,β-unsaturated/α-hetero) is 1. The molecule has 0 N–H and O–H groups in total. The van der Waals surface area contributed by atoms with Crippen molar-refractivity contribution in [2.45, 2.75) is 126 Å². The van der Waals surface area contributed by atoms with E-state index in [-0.39, 0.29) is 11.3 Å². The van der Waals surface area contributed by atoms with Gasteiger partial charge in [0.2, 0.25) is 0 Å². The summed E-state index contributed by atoms with van der Waals surface area (Å²) in [6, 6.07) is 0. The van der Waals surface area contributed by atoms with Gasteiger partial charge in [0.15, 0.2) is 0 Å². The van der Waals surface area contributed by atoms with Gasteiger partial charge in [0.05, 0.1) is 0 Å². The molecule has 0 spiro atoms. The Morgan fingerprint density at radius 1 is 0.645 bits per heavy atom. The van der Waals surface area contributed by atoms with Crippen molar-refractivity contribution in [1.82, 2.24) is 0 Å². The van der Waals surface area contributed by atoms with E-state index in [1.165, 1.54) is 57.8 Å². The van der Waals surface area contributed by atoms with Crippen molar-refractivity contribution in [2.75, 3.05) is 0 Å². The summed E-state index contributed by atoms with van der Waals surface area (Å²) in [6.07, 6.45) is 14.6. The lowest BCUT2D eigenvalue weighted by molar-refractivity contribution is -0.256. The second kappa shape index (κ2) is 6.41. The van der Waals surface area contributed by atoms with Crippen LogP contribution in [0.3, 0.4) is 0 Å². The summed E-state index contributed by atoms with van der Waals surface area (Å²) in [5.41, 5.74) is 2.67. The van der Waals surface area contributed by atoms with Gasteiger partial charge in [-0.1, -0.05) is 55.4 Å². The lowest BCUT2D eigenvalue weighted by Crippen LogP contribution is -2.67. The largest absolute Gasteiger partial charge is 0.299 e. The quantitative estimate of drug-likeness (QED) is 0.379. The molecule has 0 aromatic carbocycles. The van der Waals surface area contributed by atoms with Gasteiger partial charge in [-0.15, -0.1) is 0 Å². The van der Waals surface area contributed by atoms with Crippen molar-refractivity contribution in [3.63, 3.8) is 0 Å². The number of hydrogen-bond donors (Lipinski definition) is 0. The van der Waals surface area contributed by atoms with Gasteiger partial charge in [-0.05, 0) is 114 Å². The SMILES string of the molecule is C[C@H]1C(=O)CC[C@@H]2[C@]1(C)CC[C@H]1[C@@]2(C)CCC2(C)[C@@H]3CC(C)(C)CC[C@]3(C)CC[C@]12C. The highest BCUT2D eigenvalue weighted by atomic mass is 16.1. The molecule has 0 aromatic heterocycles. The Morgan fingerprint density at radius 2 is 1.26 bits per heavy atom. The fourth-order valence-electron chi connectivity index (χ4n) is 11.2. The van der Waals surface area contributed by atoms with Crippen molar-refractivity contribution in [3.05, 3.63) is 0 Å². The maximum absolute atomic E-state index is 12.7. The van der Waals surface area contributed by atoms with E-state index in [9.17, 15) is 4.79 Å². The van der Waals surface area contributed by atoms with Crippen LogP contribution in [0.1, 0.15) is 126 Å². The first-order valence-corrected chi connectivity index (χ1v) is 13.7. The van der Waals surface area contributed by atoms with Crippen molar-refractivity contribution < 1.29 is 4.79 Å². The van der Waals surface area contributed by atoms with Gasteiger partial charge in [0, 0.05) is 12.3 Å². The number of rotatable bonds is 0. The van der Waals surface area contributed by atoms with Crippen molar-refractivity contribution in [1.29, 1.82) is 0 Å². The number of ketones is 1. The van der Waals surface area contributed by atoms with Crippen LogP contribution in [0.5, 0.6) is 0 Å². The van der Waals surface area contributed by atoms with Crippen molar-refractivity contribution in [2.24, 2.45) is 56.2 Å². The highest BCUT2D eigenvalue weighted by Gasteiger charge is 2.70. The van der Waals surface area contributed by atoms with Crippen LogP contribution in [0.2, 0.25) is 0 Å². The van der Waals surface area contributed by atoms with E-state index in [0.29, 0.717) is 32.9 Å². The molecule has 5 fully saturated rings. The Hall–Kier alpha value is -0.330. The number of carbonyl (C=O) groups excluding carboxylic acids is 1. The van der Waals surface area contributed by atoms with E-state index in [0.717, 1.165) is 30.6 Å². The van der Waals surface area contributed by atoms with E-state index in [4.69, 9.17) is 0 Å². The zero-order valence-electron chi connectivity index (χ0n) is 22.0. The minimum Gasteiger partial charge on any atom is -0.299 e. The van der Waals surface area contributed by atoms with Crippen LogP contribution in [0, 0.1) is 56.2 Å². The maximum Gasteiger partial charge on any atom is 0.136 e. The van der Waals surface area contributed by atoms with Gasteiger partial charge in [-0.2, -0.15) is 0 Å². The van der Waals surface area contributed by atoms with E-state index in [1.54, 1.807) is 0 Å². The summed E-state index contributed by atoms with van der Waals surface area (Å²) in [7, 11) is 0. The first kappa shape index (κ1) is 22.5. The average molecular weight is 427 g/mol. The highest BCUT2D eigenvalue weighted by Crippen LogP contribution is 2.78. The predicted molar refractivity (Wildman–Crippen MR) is 130 cm³/mol. The van der Waals surface area contributed by atoms with Crippen LogP contribution >= 0.6 is 0 Å². The Kier molecular flexibility index (Phi) is 4.65. The average Bonchev–Trinajstić information content (AvgIpc) is 2.69. The third-order valence-electron chi connectivity index (χ3n) is 13.7. The summed E-state index contributed by atoms with van der Waals surface area (Å²) < 4.78 is 0. The Morgan fingerprint density at radius 3 is 1.97 bits per heavy atom. The Bertz CT molecular complexity index is 781. The fraction of sp³-hybridized carbons (Fsp3) is 0.967. The fourth-order valence-corrected chi connectivity index (χ4v) is 11.2. The van der Waals surface area contributed by atoms with E-state index >= 15 is 0 Å². The zero-order valence-corrected chi connectivity index (χ0v) is 22.0. The summed E-state index contributed by atoms with van der Waals surface area (Å²) in [5.74, 6) is 3.27. The molecule has 5 rings (SSSR count). The number of hydrogen-bond acceptors (Lipinski definition) is 1. The summed E-state index contributed by atoms with van der Waals surface area (Å²) in [6.45, 7) is 20.7. The molecule has 0 bridgehead atoms. The zero-order chi connectivity index (χ0) is 22.7. The molecule has 1 nitrogen and oxygen atoms in total. The van der Waals surface area contributed by atoms with Gasteiger partial charge in [0.1, 0.15) is 5.78 Å². The van der Waals surface area contributed by atoms with Gasteiger partial charge in [-0.25, -0.2) is 0 Å². The molecular formula is C30H50O. The Labute approximate surface area is 192 Å². The van der Waals surface area contributed by atoms with E-state index in [2.05, 4.69) is 55.4 Å². The smallest absolute Gasteiger partial charge is 0.136 e. The monoisotopic (exact) mass is 426 g/mol. The predicted octanol–water partition coefficient (Wildman–Crippen LogP) is 8.46. The molecular weight excluding hydrogens is 376 g/mol. The molecule has 0 amide bonds. The molecule has 9 atom stereocenters. The van der Waals surface area contributed by atoms with Crippen LogP contribution in [-0.2, 0) is 4.79 Å². The lowest BCUT2D eigenvalue weighted by Gasteiger charge is -2.74. The van der Waals surface area contributed by atoms with E-state index < -0.39 is 0 Å². The first-order chi connectivity index (χ1) is 14.2. The molecule has 5 aliphatic rings. The number of carbonyl (C=O) groups is 1. The maximum atomic E-state index is 12.7. The van der Waals surface area contributed by atoms with Crippen LogP contribution in [-0.4, -0.2) is 5.78 Å². The van der Waals surface area contributed by atoms with Crippen LogP contribution in [0.25, 0.3) is 0 Å². The molecule has 31 heavy (non-hydrogen) atoms. The third-order valence-corrected chi connectivity index (χ3v) is 13.7. The first-order valence-electron chi connectivity index (χ1n) is 13.7. The van der Waals surface area contributed by atoms with Gasteiger partial charge < -0.3 is 0 Å². The molecule has 5 aliphatic carbocycles. The van der Waals surface area contributed by atoms with Crippen LogP contribution in [0.4, 0.5) is 0 Å². The highest BCUT2D eigenvalue weighted by molar-refractivity contribution is 5.82. The lowest BCUT2D eigenvalue weighted by atomic mass is 9.30. The van der Waals surface area contributed by atoms with Gasteiger partial charge >= 0.3 is 0 Å². The second-order valence-corrected chi connectivity index (χ2v) is 15.3.